The van der Waals surface area contributed by atoms with E-state index >= 15 is 0 Å². The van der Waals surface area contributed by atoms with E-state index in [1.54, 1.807) is 12.1 Å². The minimum atomic E-state index is -0.852. The van der Waals surface area contributed by atoms with Crippen molar-refractivity contribution in [2.45, 2.75) is 19.4 Å². The van der Waals surface area contributed by atoms with Gasteiger partial charge in [-0.25, -0.2) is 4.39 Å². The number of hydrogen-bond donors (Lipinski definition) is 2. The summed E-state index contributed by atoms with van der Waals surface area (Å²) >= 11 is 5.61. The number of aliphatic hydroxyl groups excluding tert-OH is 1. The van der Waals surface area contributed by atoms with E-state index in [2.05, 4.69) is 5.32 Å². The molecule has 0 aliphatic rings. The van der Waals surface area contributed by atoms with Crippen LogP contribution in [0, 0.1) is 5.82 Å². The van der Waals surface area contributed by atoms with Crippen molar-refractivity contribution < 1.29 is 9.50 Å². The molecular formula is C11H15ClFNO. The average Bonchev–Trinajstić information content (AvgIpc) is 2.22. The summed E-state index contributed by atoms with van der Waals surface area (Å²) in [5, 5.41) is 12.8. The Morgan fingerprint density at radius 3 is 2.93 bits per heavy atom. The molecule has 15 heavy (non-hydrogen) atoms. The Bertz CT molecular complexity index is 319. The van der Waals surface area contributed by atoms with Crippen molar-refractivity contribution in [3.63, 3.8) is 0 Å². The van der Waals surface area contributed by atoms with Gasteiger partial charge in [0.2, 0.25) is 0 Å². The second-order valence-electron chi connectivity index (χ2n) is 3.36. The van der Waals surface area contributed by atoms with Crippen LogP contribution in [0.15, 0.2) is 18.2 Å². The van der Waals surface area contributed by atoms with Gasteiger partial charge in [-0.2, -0.15) is 0 Å². The van der Waals surface area contributed by atoms with Gasteiger partial charge in [0.15, 0.2) is 0 Å². The van der Waals surface area contributed by atoms with Gasteiger partial charge >= 0.3 is 0 Å². The zero-order valence-electron chi connectivity index (χ0n) is 8.63. The summed E-state index contributed by atoms with van der Waals surface area (Å²) in [4.78, 5) is 0. The normalized spacial score (nSPS) is 12.8. The third-order valence-corrected chi connectivity index (χ3v) is 2.40. The maximum absolute atomic E-state index is 13.4. The van der Waals surface area contributed by atoms with E-state index in [4.69, 9.17) is 11.6 Å². The van der Waals surface area contributed by atoms with Gasteiger partial charge in [-0.1, -0.05) is 30.7 Å². The van der Waals surface area contributed by atoms with E-state index in [0.29, 0.717) is 6.54 Å². The van der Waals surface area contributed by atoms with Crippen LogP contribution in [-0.4, -0.2) is 18.2 Å². The summed E-state index contributed by atoms with van der Waals surface area (Å²) in [6, 6.07) is 4.63. The fraction of sp³-hybridized carbons (Fsp3) is 0.455. The summed E-state index contributed by atoms with van der Waals surface area (Å²) in [5.74, 6) is -0.537. The lowest BCUT2D eigenvalue weighted by Gasteiger charge is -2.13. The van der Waals surface area contributed by atoms with Gasteiger partial charge in [0, 0.05) is 12.1 Å². The van der Waals surface area contributed by atoms with Crippen molar-refractivity contribution in [1.82, 2.24) is 5.32 Å². The first kappa shape index (κ1) is 12.4. The molecule has 2 nitrogen and oxygen atoms in total. The largest absolute Gasteiger partial charge is 0.387 e. The summed E-state index contributed by atoms with van der Waals surface area (Å²) in [6.45, 7) is 3.17. The summed E-state index contributed by atoms with van der Waals surface area (Å²) < 4.78 is 13.4. The topological polar surface area (TPSA) is 32.3 Å². The fourth-order valence-electron chi connectivity index (χ4n) is 1.30. The van der Waals surface area contributed by atoms with E-state index < -0.39 is 11.9 Å². The monoisotopic (exact) mass is 231 g/mol. The Kier molecular flexibility index (Phi) is 5.02. The van der Waals surface area contributed by atoms with Crippen molar-refractivity contribution in [1.29, 1.82) is 0 Å². The predicted octanol–water partition coefficient (Wildman–Crippen LogP) is 2.51. The van der Waals surface area contributed by atoms with E-state index in [1.165, 1.54) is 6.07 Å². The zero-order chi connectivity index (χ0) is 11.3. The highest BCUT2D eigenvalue weighted by Gasteiger charge is 2.13. The first-order valence-electron chi connectivity index (χ1n) is 4.99. The van der Waals surface area contributed by atoms with Crippen LogP contribution in [0.2, 0.25) is 5.02 Å². The molecule has 0 aliphatic carbocycles. The van der Waals surface area contributed by atoms with Crippen LogP contribution in [0.5, 0.6) is 0 Å². The summed E-state index contributed by atoms with van der Waals surface area (Å²) in [7, 11) is 0. The van der Waals surface area contributed by atoms with E-state index in [-0.39, 0.29) is 10.6 Å². The Labute approximate surface area is 94.1 Å². The molecule has 0 fully saturated rings. The number of hydrogen-bond acceptors (Lipinski definition) is 2. The van der Waals surface area contributed by atoms with Crippen molar-refractivity contribution in [3.05, 3.63) is 34.6 Å². The maximum atomic E-state index is 13.4. The smallest absolute Gasteiger partial charge is 0.147 e. The number of aliphatic hydroxyl groups is 1. The van der Waals surface area contributed by atoms with Crippen molar-refractivity contribution >= 4 is 11.6 Å². The fourth-order valence-corrected chi connectivity index (χ4v) is 1.49. The predicted molar refractivity (Wildman–Crippen MR) is 59.5 cm³/mol. The molecule has 1 unspecified atom stereocenters. The number of benzene rings is 1. The maximum Gasteiger partial charge on any atom is 0.147 e. The molecule has 0 saturated carbocycles. The summed E-state index contributed by atoms with van der Waals surface area (Å²) in [6.07, 6.45) is 0.125. The van der Waals surface area contributed by atoms with E-state index in [9.17, 15) is 9.50 Å². The molecule has 1 aromatic carbocycles. The van der Waals surface area contributed by atoms with E-state index in [1.807, 2.05) is 6.92 Å². The molecule has 0 heterocycles. The van der Waals surface area contributed by atoms with Crippen LogP contribution < -0.4 is 5.32 Å². The Hall–Kier alpha value is -0.640. The number of nitrogens with one attached hydrogen (secondary N) is 1. The molecule has 0 aliphatic heterocycles. The van der Waals surface area contributed by atoms with Gasteiger partial charge in [-0.3, -0.25) is 0 Å². The highest BCUT2D eigenvalue weighted by atomic mass is 35.5. The molecule has 0 spiro atoms. The SMILES string of the molecule is CCCNCC(O)c1cccc(Cl)c1F. The van der Waals surface area contributed by atoms with Gasteiger partial charge in [-0.05, 0) is 19.0 Å². The highest BCUT2D eigenvalue weighted by Crippen LogP contribution is 2.22. The van der Waals surface area contributed by atoms with Crippen LogP contribution in [0.4, 0.5) is 4.39 Å². The van der Waals surface area contributed by atoms with Gasteiger partial charge < -0.3 is 10.4 Å². The average molecular weight is 232 g/mol. The lowest BCUT2D eigenvalue weighted by Crippen LogP contribution is -2.22. The van der Waals surface area contributed by atoms with Crippen LogP contribution >= 0.6 is 11.6 Å². The molecule has 4 heteroatoms. The molecule has 0 saturated heterocycles. The molecule has 2 N–H and O–H groups in total. The lowest BCUT2D eigenvalue weighted by molar-refractivity contribution is 0.170. The molecule has 0 amide bonds. The molecule has 84 valence electrons. The van der Waals surface area contributed by atoms with Gasteiger partial charge in [0.25, 0.3) is 0 Å². The standard InChI is InChI=1S/C11H15ClFNO/c1-2-6-14-7-10(15)8-4-3-5-9(12)11(8)13/h3-5,10,14-15H,2,6-7H2,1H3. The third-order valence-electron chi connectivity index (χ3n) is 2.10. The second-order valence-corrected chi connectivity index (χ2v) is 3.77. The van der Waals surface area contributed by atoms with Crippen molar-refractivity contribution in [2.24, 2.45) is 0 Å². The number of rotatable bonds is 5. The van der Waals surface area contributed by atoms with Crippen LogP contribution in [0.1, 0.15) is 25.0 Å². The van der Waals surface area contributed by atoms with Gasteiger partial charge in [0.1, 0.15) is 5.82 Å². The Morgan fingerprint density at radius 2 is 2.27 bits per heavy atom. The van der Waals surface area contributed by atoms with Gasteiger partial charge in [0.05, 0.1) is 11.1 Å². The quantitative estimate of drug-likeness (QED) is 0.764. The first-order chi connectivity index (χ1) is 7.16. The Balaban J connectivity index is 2.65. The second kappa shape index (κ2) is 6.05. The zero-order valence-corrected chi connectivity index (χ0v) is 9.39. The molecule has 0 bridgehead atoms. The molecular weight excluding hydrogens is 217 g/mol. The first-order valence-corrected chi connectivity index (χ1v) is 5.37. The minimum absolute atomic E-state index is 0.0436. The highest BCUT2D eigenvalue weighted by molar-refractivity contribution is 6.30. The van der Waals surface area contributed by atoms with Crippen molar-refractivity contribution in [3.8, 4) is 0 Å². The van der Waals surface area contributed by atoms with E-state index in [0.717, 1.165) is 13.0 Å². The van der Waals surface area contributed by atoms with Crippen LogP contribution in [0.3, 0.4) is 0 Å². The summed E-state index contributed by atoms with van der Waals surface area (Å²) in [5.41, 5.74) is 0.242. The van der Waals surface area contributed by atoms with Crippen molar-refractivity contribution in [2.75, 3.05) is 13.1 Å². The Morgan fingerprint density at radius 1 is 1.53 bits per heavy atom. The minimum Gasteiger partial charge on any atom is -0.387 e. The van der Waals surface area contributed by atoms with Crippen LogP contribution in [0.25, 0.3) is 0 Å². The molecule has 0 radical (unpaired) electrons. The number of halogens is 2. The third kappa shape index (κ3) is 3.45. The molecule has 1 atom stereocenters. The molecule has 1 aromatic rings. The molecule has 1 rings (SSSR count). The lowest BCUT2D eigenvalue weighted by atomic mass is 10.1. The molecule has 0 aromatic heterocycles. The van der Waals surface area contributed by atoms with Crippen LogP contribution in [-0.2, 0) is 0 Å². The van der Waals surface area contributed by atoms with Gasteiger partial charge in [-0.15, -0.1) is 0 Å².